The monoisotopic (exact) mass is 191 g/mol. The van der Waals surface area contributed by atoms with E-state index in [2.05, 4.69) is 17.4 Å². The van der Waals surface area contributed by atoms with Crippen LogP contribution in [0.15, 0.2) is 24.3 Å². The van der Waals surface area contributed by atoms with Crippen molar-refractivity contribution < 1.29 is 4.74 Å². The molecule has 0 atom stereocenters. The largest absolute Gasteiger partial charge is 0.496 e. The van der Waals surface area contributed by atoms with E-state index in [0.29, 0.717) is 0 Å². The fraction of sp³-hybridized carbons (Fsp3) is 0.500. The first-order valence-electron chi connectivity index (χ1n) is 5.25. The van der Waals surface area contributed by atoms with Crippen LogP contribution < -0.4 is 10.1 Å². The third-order valence-corrected chi connectivity index (χ3v) is 2.88. The lowest BCUT2D eigenvalue weighted by atomic mass is 9.93. The van der Waals surface area contributed by atoms with Gasteiger partial charge in [0.2, 0.25) is 0 Å². The van der Waals surface area contributed by atoms with Gasteiger partial charge in [0.25, 0.3) is 0 Å². The molecule has 0 bridgehead atoms. The van der Waals surface area contributed by atoms with E-state index in [4.69, 9.17) is 4.74 Å². The van der Waals surface area contributed by atoms with Crippen LogP contribution in [-0.2, 0) is 6.54 Å². The molecule has 0 amide bonds. The summed E-state index contributed by atoms with van der Waals surface area (Å²) in [5.74, 6) is 0.985. The number of hydrogen-bond donors (Lipinski definition) is 1. The SMILES string of the molecule is COc1ccccc1CNC1CCC1. The van der Waals surface area contributed by atoms with E-state index in [0.717, 1.165) is 18.3 Å². The van der Waals surface area contributed by atoms with Crippen LogP contribution in [0.3, 0.4) is 0 Å². The van der Waals surface area contributed by atoms with Crippen LogP contribution in [0.4, 0.5) is 0 Å². The Morgan fingerprint density at radius 2 is 2.14 bits per heavy atom. The van der Waals surface area contributed by atoms with Gasteiger partial charge in [-0.25, -0.2) is 0 Å². The van der Waals surface area contributed by atoms with Crippen molar-refractivity contribution in [2.75, 3.05) is 7.11 Å². The number of para-hydroxylation sites is 1. The van der Waals surface area contributed by atoms with Crippen molar-refractivity contribution in [3.8, 4) is 5.75 Å². The molecule has 2 heteroatoms. The van der Waals surface area contributed by atoms with Crippen molar-refractivity contribution in [3.05, 3.63) is 29.8 Å². The lowest BCUT2D eigenvalue weighted by molar-refractivity contribution is 0.334. The summed E-state index contributed by atoms with van der Waals surface area (Å²) in [5.41, 5.74) is 1.25. The van der Waals surface area contributed by atoms with E-state index in [9.17, 15) is 0 Å². The second-order valence-electron chi connectivity index (χ2n) is 3.82. The molecule has 2 rings (SSSR count). The Hall–Kier alpha value is -1.02. The van der Waals surface area contributed by atoms with Crippen molar-refractivity contribution in [2.24, 2.45) is 0 Å². The van der Waals surface area contributed by atoms with Gasteiger partial charge in [0, 0.05) is 18.2 Å². The van der Waals surface area contributed by atoms with E-state index >= 15 is 0 Å². The Labute approximate surface area is 85.3 Å². The van der Waals surface area contributed by atoms with Gasteiger partial charge in [-0.3, -0.25) is 0 Å². The first kappa shape index (κ1) is 9.53. The highest BCUT2D eigenvalue weighted by Crippen LogP contribution is 2.21. The Balaban J connectivity index is 1.93. The highest BCUT2D eigenvalue weighted by Gasteiger charge is 2.16. The van der Waals surface area contributed by atoms with Crippen LogP contribution in [-0.4, -0.2) is 13.2 Å². The smallest absolute Gasteiger partial charge is 0.123 e. The number of ether oxygens (including phenoxy) is 1. The summed E-state index contributed by atoms with van der Waals surface area (Å²) >= 11 is 0. The molecular weight excluding hydrogens is 174 g/mol. The van der Waals surface area contributed by atoms with Crippen molar-refractivity contribution in [1.82, 2.24) is 5.32 Å². The fourth-order valence-corrected chi connectivity index (χ4v) is 1.72. The molecule has 0 aliphatic heterocycles. The topological polar surface area (TPSA) is 21.3 Å². The molecular formula is C12H17NO. The number of nitrogens with one attached hydrogen (secondary N) is 1. The lowest BCUT2D eigenvalue weighted by Gasteiger charge is -2.26. The number of methoxy groups -OCH3 is 1. The second kappa shape index (κ2) is 4.47. The molecule has 0 heterocycles. The molecule has 0 aromatic heterocycles. The van der Waals surface area contributed by atoms with Crippen LogP contribution in [0.2, 0.25) is 0 Å². The minimum absolute atomic E-state index is 0.736. The van der Waals surface area contributed by atoms with Gasteiger partial charge >= 0.3 is 0 Å². The first-order chi connectivity index (χ1) is 6.90. The van der Waals surface area contributed by atoms with Gasteiger partial charge in [-0.1, -0.05) is 24.6 Å². The van der Waals surface area contributed by atoms with Crippen molar-refractivity contribution >= 4 is 0 Å². The Morgan fingerprint density at radius 3 is 2.79 bits per heavy atom. The molecule has 1 N–H and O–H groups in total. The lowest BCUT2D eigenvalue weighted by Crippen LogP contribution is -2.34. The van der Waals surface area contributed by atoms with Crippen LogP contribution in [0, 0.1) is 0 Å². The van der Waals surface area contributed by atoms with Gasteiger partial charge in [0.15, 0.2) is 0 Å². The third kappa shape index (κ3) is 2.07. The zero-order valence-electron chi connectivity index (χ0n) is 8.62. The molecule has 1 aliphatic rings. The van der Waals surface area contributed by atoms with Gasteiger partial charge in [-0.05, 0) is 18.9 Å². The van der Waals surface area contributed by atoms with Gasteiger partial charge < -0.3 is 10.1 Å². The maximum atomic E-state index is 5.29. The number of hydrogen-bond acceptors (Lipinski definition) is 2. The Bertz CT molecular complexity index is 294. The molecule has 0 saturated heterocycles. The van der Waals surface area contributed by atoms with Gasteiger partial charge in [-0.2, -0.15) is 0 Å². The maximum Gasteiger partial charge on any atom is 0.123 e. The number of benzene rings is 1. The highest BCUT2D eigenvalue weighted by molar-refractivity contribution is 5.33. The summed E-state index contributed by atoms with van der Waals surface area (Å²) in [6.45, 7) is 0.925. The molecule has 1 fully saturated rings. The Kier molecular flexibility index (Phi) is 3.04. The summed E-state index contributed by atoms with van der Waals surface area (Å²) in [7, 11) is 1.72. The Morgan fingerprint density at radius 1 is 1.36 bits per heavy atom. The molecule has 1 aromatic carbocycles. The molecule has 0 unspecified atom stereocenters. The third-order valence-electron chi connectivity index (χ3n) is 2.88. The molecule has 76 valence electrons. The van der Waals surface area contributed by atoms with E-state index in [1.807, 2.05) is 12.1 Å². The molecule has 0 radical (unpaired) electrons. The van der Waals surface area contributed by atoms with Gasteiger partial charge in [-0.15, -0.1) is 0 Å². The second-order valence-corrected chi connectivity index (χ2v) is 3.82. The molecule has 2 nitrogen and oxygen atoms in total. The van der Waals surface area contributed by atoms with Crippen LogP contribution in [0.25, 0.3) is 0 Å². The summed E-state index contributed by atoms with van der Waals surface area (Å²) < 4.78 is 5.29. The van der Waals surface area contributed by atoms with E-state index in [1.54, 1.807) is 7.11 Å². The molecule has 1 aromatic rings. The molecule has 1 aliphatic carbocycles. The zero-order valence-corrected chi connectivity index (χ0v) is 8.62. The van der Waals surface area contributed by atoms with E-state index in [1.165, 1.54) is 24.8 Å². The standard InChI is InChI=1S/C12H17NO/c1-14-12-8-3-2-5-10(12)9-13-11-6-4-7-11/h2-3,5,8,11,13H,4,6-7,9H2,1H3. The van der Waals surface area contributed by atoms with Gasteiger partial charge in [0.05, 0.1) is 7.11 Å². The number of rotatable bonds is 4. The molecule has 1 saturated carbocycles. The molecule has 0 spiro atoms. The first-order valence-corrected chi connectivity index (χ1v) is 5.25. The summed E-state index contributed by atoms with van der Waals surface area (Å²) in [6, 6.07) is 8.92. The van der Waals surface area contributed by atoms with Crippen molar-refractivity contribution in [2.45, 2.75) is 31.8 Å². The van der Waals surface area contributed by atoms with Crippen molar-refractivity contribution in [3.63, 3.8) is 0 Å². The van der Waals surface area contributed by atoms with Crippen LogP contribution in [0.5, 0.6) is 5.75 Å². The van der Waals surface area contributed by atoms with Crippen LogP contribution >= 0.6 is 0 Å². The van der Waals surface area contributed by atoms with Crippen molar-refractivity contribution in [1.29, 1.82) is 0 Å². The fourth-order valence-electron chi connectivity index (χ4n) is 1.72. The summed E-state index contributed by atoms with van der Waals surface area (Å²) in [5, 5.41) is 3.53. The predicted octanol–water partition coefficient (Wildman–Crippen LogP) is 2.34. The predicted molar refractivity (Wildman–Crippen MR) is 57.5 cm³/mol. The maximum absolute atomic E-state index is 5.29. The van der Waals surface area contributed by atoms with E-state index < -0.39 is 0 Å². The molecule has 14 heavy (non-hydrogen) atoms. The normalized spacial score (nSPS) is 16.4. The summed E-state index contributed by atoms with van der Waals surface area (Å²) in [4.78, 5) is 0. The average molecular weight is 191 g/mol. The summed E-state index contributed by atoms with van der Waals surface area (Å²) in [6.07, 6.45) is 4.04. The zero-order chi connectivity index (χ0) is 9.80. The minimum atomic E-state index is 0.736. The highest BCUT2D eigenvalue weighted by atomic mass is 16.5. The van der Waals surface area contributed by atoms with Crippen LogP contribution in [0.1, 0.15) is 24.8 Å². The van der Waals surface area contributed by atoms with E-state index in [-0.39, 0.29) is 0 Å². The quantitative estimate of drug-likeness (QED) is 0.788. The average Bonchev–Trinajstić information content (AvgIpc) is 2.16. The van der Waals surface area contributed by atoms with Gasteiger partial charge in [0.1, 0.15) is 5.75 Å². The minimum Gasteiger partial charge on any atom is -0.496 e.